The minimum absolute atomic E-state index is 0.181. The molecule has 0 aromatic rings. The van der Waals surface area contributed by atoms with Crippen LogP contribution in [0.15, 0.2) is 0 Å². The largest absolute Gasteiger partial charge is 0.354 e. The molecule has 2 rings (SSSR count). The van der Waals surface area contributed by atoms with Gasteiger partial charge in [-0.05, 0) is 24.7 Å². The fourth-order valence-corrected chi connectivity index (χ4v) is 7.15. The molecule has 2 aliphatic carbocycles. The minimum atomic E-state index is -0.622. The van der Waals surface area contributed by atoms with Crippen molar-refractivity contribution in [1.29, 1.82) is 0 Å². The number of hydrogen-bond donors (Lipinski definition) is 4. The summed E-state index contributed by atoms with van der Waals surface area (Å²) < 4.78 is 0. The molecule has 4 N–H and O–H groups in total. The van der Waals surface area contributed by atoms with Crippen LogP contribution in [0.4, 0.5) is 0 Å². The second-order valence-electron chi connectivity index (χ2n) is 9.41. The van der Waals surface area contributed by atoms with E-state index in [1.54, 1.807) is 0 Å². The van der Waals surface area contributed by atoms with Crippen molar-refractivity contribution in [3.05, 3.63) is 0 Å². The van der Waals surface area contributed by atoms with E-state index in [9.17, 15) is 19.2 Å². The first-order valence-electron chi connectivity index (χ1n) is 12.8. The lowest BCUT2D eigenvalue weighted by Crippen LogP contribution is -2.46. The lowest BCUT2D eigenvalue weighted by molar-refractivity contribution is -0.125. The molecule has 0 aromatic carbocycles. The quantitative estimate of drug-likeness (QED) is 0.135. The number of carbonyl (C=O) groups excluding carboxylic acids is 4. The smallest absolute Gasteiger partial charge is 0.243 e. The Balaban J connectivity index is 1.64. The van der Waals surface area contributed by atoms with Gasteiger partial charge in [0.2, 0.25) is 24.6 Å². The van der Waals surface area contributed by atoms with Gasteiger partial charge in [0.15, 0.2) is 0 Å². The second kappa shape index (κ2) is 17.9. The highest BCUT2D eigenvalue weighted by molar-refractivity contribution is 8.76. The Bertz CT molecular complexity index is 562. The van der Waals surface area contributed by atoms with Gasteiger partial charge in [0.1, 0.15) is 12.1 Å². The maximum absolute atomic E-state index is 12.5. The molecule has 0 spiro atoms. The van der Waals surface area contributed by atoms with Crippen molar-refractivity contribution in [3.63, 3.8) is 0 Å². The van der Waals surface area contributed by atoms with Crippen LogP contribution < -0.4 is 21.3 Å². The van der Waals surface area contributed by atoms with Gasteiger partial charge < -0.3 is 21.3 Å². The molecular formula is C24H42N4O4S2. The van der Waals surface area contributed by atoms with E-state index in [2.05, 4.69) is 21.3 Å². The molecule has 0 radical (unpaired) electrons. The number of rotatable bonds is 17. The summed E-state index contributed by atoms with van der Waals surface area (Å²) in [5.74, 6) is 1.78. The highest BCUT2D eigenvalue weighted by Gasteiger charge is 2.22. The van der Waals surface area contributed by atoms with Gasteiger partial charge in [-0.2, -0.15) is 0 Å². The fourth-order valence-electron chi connectivity index (χ4n) is 4.79. The highest BCUT2D eigenvalue weighted by Crippen LogP contribution is 2.27. The van der Waals surface area contributed by atoms with E-state index < -0.39 is 12.1 Å². The molecule has 194 valence electrons. The number of hydrogen-bond acceptors (Lipinski definition) is 6. The first-order valence-corrected chi connectivity index (χ1v) is 15.3. The molecule has 8 nitrogen and oxygen atoms in total. The van der Waals surface area contributed by atoms with Crippen molar-refractivity contribution in [2.45, 2.75) is 89.1 Å². The van der Waals surface area contributed by atoms with Crippen molar-refractivity contribution in [2.24, 2.45) is 11.8 Å². The minimum Gasteiger partial charge on any atom is -0.354 e. The molecule has 34 heavy (non-hydrogen) atoms. The summed E-state index contributed by atoms with van der Waals surface area (Å²) in [6, 6.07) is -1.24. The zero-order chi connectivity index (χ0) is 24.4. The molecule has 2 atom stereocenters. The van der Waals surface area contributed by atoms with Crippen LogP contribution in [0.1, 0.15) is 77.0 Å². The van der Waals surface area contributed by atoms with Crippen molar-refractivity contribution >= 4 is 46.2 Å². The van der Waals surface area contributed by atoms with Crippen molar-refractivity contribution < 1.29 is 19.2 Å². The highest BCUT2D eigenvalue weighted by atomic mass is 33.1. The average molecular weight is 515 g/mol. The molecule has 0 bridgehead atoms. The Hall–Kier alpha value is -1.42. The van der Waals surface area contributed by atoms with E-state index in [1.807, 2.05) is 0 Å². The van der Waals surface area contributed by atoms with Gasteiger partial charge in [0, 0.05) is 24.6 Å². The van der Waals surface area contributed by atoms with E-state index in [-0.39, 0.29) is 11.8 Å². The molecular weight excluding hydrogens is 472 g/mol. The lowest BCUT2D eigenvalue weighted by atomic mass is 9.87. The summed E-state index contributed by atoms with van der Waals surface area (Å²) in [5.41, 5.74) is 0. The van der Waals surface area contributed by atoms with E-state index in [1.165, 1.54) is 85.8 Å². The average Bonchev–Trinajstić information content (AvgIpc) is 2.86. The Morgan fingerprint density at radius 2 is 1.06 bits per heavy atom. The van der Waals surface area contributed by atoms with Crippen LogP contribution in [0.3, 0.4) is 0 Å². The van der Waals surface area contributed by atoms with E-state index in [0.717, 1.165) is 12.8 Å². The Labute approximate surface area is 212 Å². The lowest BCUT2D eigenvalue weighted by Gasteiger charge is -2.22. The molecule has 4 amide bonds. The molecule has 0 aromatic heterocycles. The van der Waals surface area contributed by atoms with Crippen LogP contribution in [-0.2, 0) is 19.2 Å². The van der Waals surface area contributed by atoms with Gasteiger partial charge >= 0.3 is 0 Å². The normalized spacial score (nSPS) is 18.9. The number of carbonyl (C=O) groups is 4. The summed E-state index contributed by atoms with van der Waals surface area (Å²) in [4.78, 5) is 46.9. The third-order valence-corrected chi connectivity index (χ3v) is 9.30. The van der Waals surface area contributed by atoms with Crippen LogP contribution in [0.25, 0.3) is 0 Å². The first-order chi connectivity index (χ1) is 16.6. The third kappa shape index (κ3) is 11.8. The zero-order valence-corrected chi connectivity index (χ0v) is 21.9. The number of amides is 4. The summed E-state index contributed by atoms with van der Waals surface area (Å²) in [6.45, 7) is 1.26. The SMILES string of the molecule is O=CNC(CSSCC(NC=O)C(=O)NCCC1CCCCC1)C(=O)NCCC1CCCCC1. The fraction of sp³-hybridized carbons (Fsp3) is 0.833. The predicted molar refractivity (Wildman–Crippen MR) is 139 cm³/mol. The molecule has 0 saturated heterocycles. The van der Waals surface area contributed by atoms with Crippen LogP contribution >= 0.6 is 21.6 Å². The summed E-state index contributed by atoms with van der Waals surface area (Å²) >= 11 is 0. The maximum Gasteiger partial charge on any atom is 0.243 e. The second-order valence-corrected chi connectivity index (χ2v) is 12.0. The monoisotopic (exact) mass is 514 g/mol. The molecule has 2 unspecified atom stereocenters. The summed E-state index contributed by atoms with van der Waals surface area (Å²) in [5, 5.41) is 11.1. The zero-order valence-electron chi connectivity index (χ0n) is 20.2. The van der Waals surface area contributed by atoms with Crippen LogP contribution in [-0.4, -0.2) is 61.3 Å². The summed E-state index contributed by atoms with van der Waals surface area (Å²) in [6.07, 6.45) is 15.8. The van der Waals surface area contributed by atoms with E-state index >= 15 is 0 Å². The molecule has 0 heterocycles. The third-order valence-electron chi connectivity index (χ3n) is 6.88. The topological polar surface area (TPSA) is 116 Å². The molecule has 2 aliphatic rings. The van der Waals surface area contributed by atoms with E-state index in [4.69, 9.17) is 0 Å². The van der Waals surface area contributed by atoms with Crippen molar-refractivity contribution in [3.8, 4) is 0 Å². The van der Waals surface area contributed by atoms with Gasteiger partial charge in [-0.15, -0.1) is 0 Å². The first kappa shape index (κ1) is 28.8. The standard InChI is InChI=1S/C24H42N4O4S2/c29-17-27-21(23(31)25-13-11-19-7-3-1-4-8-19)15-33-34-16-22(28-18-30)24(32)26-14-12-20-9-5-2-6-10-20/h17-22H,1-16H2,(H,25,31)(H,26,32)(H,27,29)(H,28,30). The van der Waals surface area contributed by atoms with Gasteiger partial charge in [-0.1, -0.05) is 85.8 Å². The van der Waals surface area contributed by atoms with Crippen LogP contribution in [0, 0.1) is 11.8 Å². The Morgan fingerprint density at radius 3 is 1.41 bits per heavy atom. The summed E-state index contributed by atoms with van der Waals surface area (Å²) in [7, 11) is 2.82. The van der Waals surface area contributed by atoms with Gasteiger partial charge in [0.25, 0.3) is 0 Å². The molecule has 2 saturated carbocycles. The number of nitrogens with one attached hydrogen (secondary N) is 4. The van der Waals surface area contributed by atoms with Gasteiger partial charge in [0.05, 0.1) is 0 Å². The van der Waals surface area contributed by atoms with Crippen LogP contribution in [0.2, 0.25) is 0 Å². The maximum atomic E-state index is 12.5. The Morgan fingerprint density at radius 1 is 0.676 bits per heavy atom. The van der Waals surface area contributed by atoms with Gasteiger partial charge in [-0.3, -0.25) is 19.2 Å². The predicted octanol–water partition coefficient (Wildman–Crippen LogP) is 2.77. The molecule has 10 heteroatoms. The van der Waals surface area contributed by atoms with Crippen molar-refractivity contribution in [1.82, 2.24) is 21.3 Å². The van der Waals surface area contributed by atoms with Crippen molar-refractivity contribution in [2.75, 3.05) is 24.6 Å². The van der Waals surface area contributed by atoms with Crippen LogP contribution in [0.5, 0.6) is 0 Å². The molecule has 0 aliphatic heterocycles. The molecule has 2 fully saturated rings. The van der Waals surface area contributed by atoms with Gasteiger partial charge in [-0.25, -0.2) is 0 Å². The Kier molecular flexibility index (Phi) is 15.2. The van der Waals surface area contributed by atoms with E-state index in [0.29, 0.717) is 49.3 Å².